The molecule has 5 heteroatoms. The first-order valence-electron chi connectivity index (χ1n) is 4.66. The van der Waals surface area contributed by atoms with E-state index in [-0.39, 0.29) is 0 Å². The van der Waals surface area contributed by atoms with Crippen LogP contribution in [0.4, 0.5) is 0 Å². The van der Waals surface area contributed by atoms with Gasteiger partial charge in [-0.05, 0) is 12.8 Å². The second kappa shape index (κ2) is 3.42. The van der Waals surface area contributed by atoms with Gasteiger partial charge in [-0.2, -0.15) is 5.10 Å². The van der Waals surface area contributed by atoms with E-state index >= 15 is 0 Å². The predicted molar refractivity (Wildman–Crippen MR) is 50.0 cm³/mol. The van der Waals surface area contributed by atoms with E-state index in [1.165, 1.54) is 19.0 Å². The summed E-state index contributed by atoms with van der Waals surface area (Å²) < 4.78 is 1.61. The van der Waals surface area contributed by atoms with Gasteiger partial charge < -0.3 is 10.4 Å². The maximum Gasteiger partial charge on any atom is 0.339 e. The molecule has 1 saturated carbocycles. The SMILES string of the molecule is Cn1ncc(C(=O)O)c1CNC1CC1. The van der Waals surface area contributed by atoms with Gasteiger partial charge in [0.1, 0.15) is 5.56 Å². The number of hydrogen-bond acceptors (Lipinski definition) is 3. The number of nitrogens with one attached hydrogen (secondary N) is 1. The Balaban J connectivity index is 2.11. The molecule has 1 aromatic heterocycles. The summed E-state index contributed by atoms with van der Waals surface area (Å²) in [5.74, 6) is -0.911. The number of aryl methyl sites for hydroxylation is 1. The van der Waals surface area contributed by atoms with E-state index in [1.807, 2.05) is 0 Å². The Morgan fingerprint density at radius 2 is 2.50 bits per heavy atom. The van der Waals surface area contributed by atoms with Gasteiger partial charge in [0.2, 0.25) is 0 Å². The Morgan fingerprint density at radius 3 is 3.07 bits per heavy atom. The average molecular weight is 195 g/mol. The molecule has 76 valence electrons. The molecule has 0 aromatic carbocycles. The zero-order chi connectivity index (χ0) is 10.1. The van der Waals surface area contributed by atoms with E-state index in [2.05, 4.69) is 10.4 Å². The van der Waals surface area contributed by atoms with E-state index < -0.39 is 5.97 Å². The van der Waals surface area contributed by atoms with Crippen LogP contribution in [0.15, 0.2) is 6.20 Å². The summed E-state index contributed by atoms with van der Waals surface area (Å²) in [6, 6.07) is 0.576. The van der Waals surface area contributed by atoms with Gasteiger partial charge in [0.15, 0.2) is 0 Å². The minimum Gasteiger partial charge on any atom is -0.478 e. The molecule has 1 aromatic rings. The summed E-state index contributed by atoms with van der Waals surface area (Å²) >= 11 is 0. The van der Waals surface area contributed by atoms with Crippen molar-refractivity contribution in [1.82, 2.24) is 15.1 Å². The number of nitrogens with zero attached hydrogens (tertiary/aromatic N) is 2. The lowest BCUT2D eigenvalue weighted by molar-refractivity contribution is 0.0695. The fourth-order valence-corrected chi connectivity index (χ4v) is 1.38. The van der Waals surface area contributed by atoms with Crippen LogP contribution in [0.5, 0.6) is 0 Å². The van der Waals surface area contributed by atoms with Gasteiger partial charge in [-0.15, -0.1) is 0 Å². The predicted octanol–water partition coefficient (Wildman–Crippen LogP) is 0.370. The van der Waals surface area contributed by atoms with Crippen molar-refractivity contribution >= 4 is 5.97 Å². The lowest BCUT2D eigenvalue weighted by atomic mass is 10.2. The fraction of sp³-hybridized carbons (Fsp3) is 0.556. The van der Waals surface area contributed by atoms with E-state index in [1.54, 1.807) is 11.7 Å². The number of carbonyl (C=O) groups is 1. The molecule has 1 aliphatic carbocycles. The summed E-state index contributed by atoms with van der Waals surface area (Å²) in [5.41, 5.74) is 1.03. The second-order valence-electron chi connectivity index (χ2n) is 3.59. The van der Waals surface area contributed by atoms with Gasteiger partial charge in [0.25, 0.3) is 0 Å². The lowest BCUT2D eigenvalue weighted by Gasteiger charge is -2.04. The van der Waals surface area contributed by atoms with E-state index in [9.17, 15) is 4.79 Å². The number of hydrogen-bond donors (Lipinski definition) is 2. The van der Waals surface area contributed by atoms with Crippen LogP contribution in [0.25, 0.3) is 0 Å². The average Bonchev–Trinajstić information content (AvgIpc) is 2.87. The largest absolute Gasteiger partial charge is 0.478 e. The zero-order valence-electron chi connectivity index (χ0n) is 8.03. The van der Waals surface area contributed by atoms with Crippen molar-refractivity contribution in [1.29, 1.82) is 0 Å². The van der Waals surface area contributed by atoms with Crippen LogP contribution in [0.3, 0.4) is 0 Å². The molecule has 0 saturated heterocycles. The van der Waals surface area contributed by atoms with Crippen molar-refractivity contribution in [2.24, 2.45) is 7.05 Å². The summed E-state index contributed by atoms with van der Waals surface area (Å²) in [4.78, 5) is 10.8. The van der Waals surface area contributed by atoms with Crippen molar-refractivity contribution < 1.29 is 9.90 Å². The second-order valence-corrected chi connectivity index (χ2v) is 3.59. The van der Waals surface area contributed by atoms with Crippen molar-refractivity contribution in [3.8, 4) is 0 Å². The molecule has 1 heterocycles. The number of aromatic carboxylic acids is 1. The number of carboxylic acids is 1. The molecule has 0 atom stereocenters. The van der Waals surface area contributed by atoms with Gasteiger partial charge >= 0.3 is 5.97 Å². The monoisotopic (exact) mass is 195 g/mol. The van der Waals surface area contributed by atoms with Crippen molar-refractivity contribution in [3.05, 3.63) is 17.5 Å². The Morgan fingerprint density at radius 1 is 1.79 bits per heavy atom. The molecular weight excluding hydrogens is 182 g/mol. The summed E-state index contributed by atoms with van der Waals surface area (Å²) in [5, 5.41) is 16.1. The third-order valence-corrected chi connectivity index (χ3v) is 2.43. The first-order valence-corrected chi connectivity index (χ1v) is 4.66. The molecule has 0 amide bonds. The standard InChI is InChI=1S/C9H13N3O2/c1-12-8(5-10-6-2-3-6)7(4-11-12)9(13)14/h4,6,10H,2-3,5H2,1H3,(H,13,14). The first kappa shape index (κ1) is 9.21. The molecule has 14 heavy (non-hydrogen) atoms. The van der Waals surface area contributed by atoms with E-state index in [4.69, 9.17) is 5.11 Å². The van der Waals surface area contributed by atoms with Crippen molar-refractivity contribution in [3.63, 3.8) is 0 Å². The highest BCUT2D eigenvalue weighted by Crippen LogP contribution is 2.19. The maximum absolute atomic E-state index is 10.8. The minimum atomic E-state index is -0.911. The van der Waals surface area contributed by atoms with Crippen LogP contribution >= 0.6 is 0 Å². The normalized spacial score (nSPS) is 15.8. The molecule has 5 nitrogen and oxygen atoms in total. The number of aromatic nitrogens is 2. The highest BCUT2D eigenvalue weighted by atomic mass is 16.4. The number of carboxylic acid groups (broad SMARTS) is 1. The summed E-state index contributed by atoms with van der Waals surface area (Å²) in [7, 11) is 1.76. The highest BCUT2D eigenvalue weighted by molar-refractivity contribution is 5.88. The third-order valence-electron chi connectivity index (χ3n) is 2.43. The molecule has 0 bridgehead atoms. The summed E-state index contributed by atoms with van der Waals surface area (Å²) in [6.07, 6.45) is 3.78. The van der Waals surface area contributed by atoms with Gasteiger partial charge in [-0.1, -0.05) is 0 Å². The molecule has 0 unspecified atom stereocenters. The van der Waals surface area contributed by atoms with Gasteiger partial charge in [0.05, 0.1) is 11.9 Å². The van der Waals surface area contributed by atoms with Crippen LogP contribution in [0.2, 0.25) is 0 Å². The quantitative estimate of drug-likeness (QED) is 0.728. The Kier molecular flexibility index (Phi) is 2.25. The minimum absolute atomic E-state index is 0.292. The van der Waals surface area contributed by atoms with Gasteiger partial charge in [0, 0.05) is 19.6 Å². The fourth-order valence-electron chi connectivity index (χ4n) is 1.38. The molecule has 0 aliphatic heterocycles. The molecular formula is C9H13N3O2. The van der Waals surface area contributed by atoms with Crippen molar-refractivity contribution in [2.75, 3.05) is 0 Å². The lowest BCUT2D eigenvalue weighted by Crippen LogP contribution is -2.19. The smallest absolute Gasteiger partial charge is 0.339 e. The number of rotatable bonds is 4. The maximum atomic E-state index is 10.8. The topological polar surface area (TPSA) is 67.2 Å². The van der Waals surface area contributed by atoms with Crippen LogP contribution in [0, 0.1) is 0 Å². The van der Waals surface area contributed by atoms with Gasteiger partial charge in [-0.25, -0.2) is 4.79 Å². The Bertz CT molecular complexity index is 355. The Hall–Kier alpha value is -1.36. The third kappa shape index (κ3) is 1.77. The first-order chi connectivity index (χ1) is 6.68. The van der Waals surface area contributed by atoms with Gasteiger partial charge in [-0.3, -0.25) is 4.68 Å². The van der Waals surface area contributed by atoms with Crippen LogP contribution in [-0.2, 0) is 13.6 Å². The van der Waals surface area contributed by atoms with E-state index in [0.717, 1.165) is 5.69 Å². The molecule has 1 fully saturated rings. The van der Waals surface area contributed by atoms with E-state index in [0.29, 0.717) is 18.2 Å². The molecule has 0 spiro atoms. The van der Waals surface area contributed by atoms with Crippen molar-refractivity contribution in [2.45, 2.75) is 25.4 Å². The van der Waals surface area contributed by atoms with Crippen LogP contribution < -0.4 is 5.32 Å². The molecule has 0 radical (unpaired) electrons. The van der Waals surface area contributed by atoms with Crippen LogP contribution in [0.1, 0.15) is 28.9 Å². The zero-order valence-corrected chi connectivity index (χ0v) is 8.03. The highest BCUT2D eigenvalue weighted by Gasteiger charge is 2.22. The Labute approximate surface area is 81.7 Å². The van der Waals surface area contributed by atoms with Crippen LogP contribution in [-0.4, -0.2) is 26.9 Å². The summed E-state index contributed by atoms with van der Waals surface area (Å²) in [6.45, 7) is 0.586. The molecule has 2 N–H and O–H groups in total. The molecule has 1 aliphatic rings. The molecule has 2 rings (SSSR count).